The van der Waals surface area contributed by atoms with Gasteiger partial charge in [0.2, 0.25) is 10.0 Å². The highest BCUT2D eigenvalue weighted by Crippen LogP contribution is 2.39. The molecule has 10 heteroatoms. The maximum atomic E-state index is 12.9. The lowest BCUT2D eigenvalue weighted by molar-refractivity contribution is 0.194. The van der Waals surface area contributed by atoms with E-state index in [4.69, 9.17) is 0 Å². The van der Waals surface area contributed by atoms with Crippen molar-refractivity contribution in [2.24, 2.45) is 7.05 Å². The van der Waals surface area contributed by atoms with Crippen LogP contribution in [-0.4, -0.2) is 55.7 Å². The van der Waals surface area contributed by atoms with E-state index in [1.807, 2.05) is 0 Å². The number of sulfonamides is 1. The van der Waals surface area contributed by atoms with E-state index in [1.165, 1.54) is 27.4 Å². The van der Waals surface area contributed by atoms with E-state index in [-0.39, 0.29) is 11.5 Å². The van der Waals surface area contributed by atoms with Gasteiger partial charge in [0.25, 0.3) is 0 Å². The third kappa shape index (κ3) is 2.38. The fourth-order valence-electron chi connectivity index (χ4n) is 2.78. The summed E-state index contributed by atoms with van der Waals surface area (Å²) in [4.78, 5) is 3.96. The van der Waals surface area contributed by atoms with Crippen molar-refractivity contribution in [3.05, 3.63) is 30.4 Å². The second kappa shape index (κ2) is 5.71. The summed E-state index contributed by atoms with van der Waals surface area (Å²) in [6, 6.07) is 2.06. The Labute approximate surface area is 127 Å². The van der Waals surface area contributed by atoms with Crippen molar-refractivity contribution in [2.45, 2.75) is 29.8 Å². The summed E-state index contributed by atoms with van der Waals surface area (Å²) < 4.78 is 28.6. The van der Waals surface area contributed by atoms with E-state index in [0.29, 0.717) is 18.7 Å². The van der Waals surface area contributed by atoms with Gasteiger partial charge in [0, 0.05) is 25.5 Å². The smallest absolute Gasteiger partial charge is 0.245 e. The zero-order valence-corrected chi connectivity index (χ0v) is 12.8. The second-order valence-electron chi connectivity index (χ2n) is 5.11. The van der Waals surface area contributed by atoms with E-state index in [9.17, 15) is 13.5 Å². The molecule has 1 N–H and O–H groups in total. The van der Waals surface area contributed by atoms with Gasteiger partial charge in [-0.05, 0) is 35.4 Å². The van der Waals surface area contributed by atoms with Crippen LogP contribution in [0.5, 0.6) is 0 Å². The fourth-order valence-corrected chi connectivity index (χ4v) is 4.57. The molecule has 9 nitrogen and oxygen atoms in total. The lowest BCUT2D eigenvalue weighted by Crippen LogP contribution is -2.40. The standard InChI is InChI=1S/C12H16N6O3S/c1-17-12(14-15-16-17)11-5-4-9(8-19)18(11)22(20,21)10-3-2-6-13-7-10/h2-3,6-7,9,11,19H,4-5,8H2,1H3/t9-,11-/m0/s1. The van der Waals surface area contributed by atoms with E-state index >= 15 is 0 Å². The zero-order valence-electron chi connectivity index (χ0n) is 11.9. The number of nitrogens with zero attached hydrogens (tertiary/aromatic N) is 6. The van der Waals surface area contributed by atoms with Gasteiger partial charge >= 0.3 is 0 Å². The predicted molar refractivity (Wildman–Crippen MR) is 74.9 cm³/mol. The molecule has 0 aliphatic carbocycles. The molecule has 1 aliphatic rings. The minimum absolute atomic E-state index is 0.0930. The van der Waals surface area contributed by atoms with Gasteiger partial charge in [-0.25, -0.2) is 13.1 Å². The minimum Gasteiger partial charge on any atom is -0.395 e. The molecule has 2 atom stereocenters. The van der Waals surface area contributed by atoms with Crippen molar-refractivity contribution < 1.29 is 13.5 Å². The number of rotatable bonds is 4. The highest BCUT2D eigenvalue weighted by atomic mass is 32.2. The molecule has 1 fully saturated rings. The van der Waals surface area contributed by atoms with Crippen LogP contribution in [0, 0.1) is 0 Å². The number of hydrogen-bond donors (Lipinski definition) is 1. The molecule has 0 unspecified atom stereocenters. The minimum atomic E-state index is -3.79. The van der Waals surface area contributed by atoms with Crippen molar-refractivity contribution in [1.29, 1.82) is 0 Å². The van der Waals surface area contributed by atoms with Crippen LogP contribution >= 0.6 is 0 Å². The van der Waals surface area contributed by atoms with Gasteiger partial charge in [-0.1, -0.05) is 0 Å². The molecule has 22 heavy (non-hydrogen) atoms. The van der Waals surface area contributed by atoms with Crippen molar-refractivity contribution in [3.8, 4) is 0 Å². The molecule has 3 heterocycles. The van der Waals surface area contributed by atoms with Crippen molar-refractivity contribution in [3.63, 3.8) is 0 Å². The lowest BCUT2D eigenvalue weighted by atomic mass is 10.2. The van der Waals surface area contributed by atoms with Crippen LogP contribution in [-0.2, 0) is 17.1 Å². The Balaban J connectivity index is 2.06. The van der Waals surface area contributed by atoms with Gasteiger partial charge in [0.05, 0.1) is 12.6 Å². The Morgan fingerprint density at radius 2 is 2.23 bits per heavy atom. The van der Waals surface area contributed by atoms with Crippen molar-refractivity contribution in [1.82, 2.24) is 29.5 Å². The summed E-state index contributed by atoms with van der Waals surface area (Å²) in [5.74, 6) is 0.461. The summed E-state index contributed by atoms with van der Waals surface area (Å²) in [6.07, 6.45) is 3.91. The van der Waals surface area contributed by atoms with E-state index < -0.39 is 22.1 Å². The number of pyridine rings is 1. The highest BCUT2D eigenvalue weighted by Gasteiger charge is 2.44. The monoisotopic (exact) mass is 324 g/mol. The summed E-state index contributed by atoms with van der Waals surface area (Å²) in [6.45, 7) is -0.249. The molecule has 1 aliphatic heterocycles. The van der Waals surface area contributed by atoms with Gasteiger partial charge in [-0.3, -0.25) is 4.98 Å². The van der Waals surface area contributed by atoms with Crippen molar-refractivity contribution >= 4 is 10.0 Å². The quantitative estimate of drug-likeness (QED) is 0.805. The Morgan fingerprint density at radius 3 is 2.82 bits per heavy atom. The Hall–Kier alpha value is -1.91. The molecule has 0 aromatic carbocycles. The Kier molecular flexibility index (Phi) is 3.89. The molecule has 2 aromatic rings. The number of tetrazole rings is 1. The van der Waals surface area contributed by atoms with Crippen LogP contribution < -0.4 is 0 Å². The van der Waals surface area contributed by atoms with Gasteiger partial charge in [0.1, 0.15) is 4.90 Å². The number of aromatic nitrogens is 5. The summed E-state index contributed by atoms with van der Waals surface area (Å²) >= 11 is 0. The molecular formula is C12H16N6O3S. The summed E-state index contributed by atoms with van der Waals surface area (Å²) in [7, 11) is -2.13. The van der Waals surface area contributed by atoms with Crippen molar-refractivity contribution in [2.75, 3.05) is 6.61 Å². The third-order valence-corrected chi connectivity index (χ3v) is 5.76. The van der Waals surface area contributed by atoms with Crippen LogP contribution in [0.2, 0.25) is 0 Å². The average Bonchev–Trinajstić information content (AvgIpc) is 3.13. The molecule has 0 bridgehead atoms. The molecule has 0 radical (unpaired) electrons. The van der Waals surface area contributed by atoms with E-state index in [0.717, 1.165) is 0 Å². The number of aryl methyl sites for hydroxylation is 1. The second-order valence-corrected chi connectivity index (χ2v) is 6.96. The lowest BCUT2D eigenvalue weighted by Gasteiger charge is -2.27. The largest absolute Gasteiger partial charge is 0.395 e. The molecular weight excluding hydrogens is 308 g/mol. The first-order valence-electron chi connectivity index (χ1n) is 6.82. The van der Waals surface area contributed by atoms with E-state index in [1.54, 1.807) is 13.1 Å². The SMILES string of the molecule is Cn1nnnc1[C@@H]1CC[C@@H](CO)N1S(=O)(=O)c1cccnc1. The highest BCUT2D eigenvalue weighted by molar-refractivity contribution is 7.89. The van der Waals surface area contributed by atoms with Gasteiger partial charge in [0.15, 0.2) is 5.82 Å². The van der Waals surface area contributed by atoms with E-state index in [2.05, 4.69) is 20.5 Å². The summed E-state index contributed by atoms with van der Waals surface area (Å²) in [5.41, 5.74) is 0. The molecule has 0 saturated carbocycles. The first-order valence-corrected chi connectivity index (χ1v) is 8.26. The Bertz CT molecular complexity index is 747. The van der Waals surface area contributed by atoms with Gasteiger partial charge in [-0.15, -0.1) is 5.10 Å². The number of hydrogen-bond acceptors (Lipinski definition) is 7. The molecule has 1 saturated heterocycles. The molecule has 118 valence electrons. The molecule has 2 aromatic heterocycles. The average molecular weight is 324 g/mol. The maximum absolute atomic E-state index is 12.9. The number of aliphatic hydroxyl groups excluding tert-OH is 1. The Morgan fingerprint density at radius 1 is 1.41 bits per heavy atom. The normalized spacial score (nSPS) is 23.0. The number of aliphatic hydroxyl groups is 1. The first-order chi connectivity index (χ1) is 10.6. The maximum Gasteiger partial charge on any atom is 0.245 e. The zero-order chi connectivity index (χ0) is 15.7. The third-order valence-electron chi connectivity index (χ3n) is 3.81. The van der Waals surface area contributed by atoms with Gasteiger partial charge < -0.3 is 5.11 Å². The van der Waals surface area contributed by atoms with Crippen LogP contribution in [0.3, 0.4) is 0 Å². The van der Waals surface area contributed by atoms with Gasteiger partial charge in [-0.2, -0.15) is 4.31 Å². The van der Waals surface area contributed by atoms with Crippen LogP contribution in [0.4, 0.5) is 0 Å². The summed E-state index contributed by atoms with van der Waals surface area (Å²) in [5, 5.41) is 20.8. The fraction of sp³-hybridized carbons (Fsp3) is 0.500. The topological polar surface area (TPSA) is 114 Å². The van der Waals surface area contributed by atoms with Crippen LogP contribution in [0.15, 0.2) is 29.4 Å². The molecule has 0 amide bonds. The molecule has 3 rings (SSSR count). The van der Waals surface area contributed by atoms with Crippen LogP contribution in [0.1, 0.15) is 24.7 Å². The molecule has 0 spiro atoms. The predicted octanol–water partition coefficient (Wildman–Crippen LogP) is -0.508. The van der Waals surface area contributed by atoms with Crippen LogP contribution in [0.25, 0.3) is 0 Å². The first kappa shape index (κ1) is 15.0.